The highest BCUT2D eigenvalue weighted by Gasteiger charge is 2.07. The number of nitrogens with one attached hydrogen (secondary N) is 1. The Morgan fingerprint density at radius 2 is 2.20 bits per heavy atom. The van der Waals surface area contributed by atoms with Crippen molar-refractivity contribution in [1.82, 2.24) is 5.32 Å². The molecular formula is C11H12FNO2. The van der Waals surface area contributed by atoms with E-state index in [0.717, 1.165) is 6.08 Å². The third-order valence-corrected chi connectivity index (χ3v) is 1.94. The van der Waals surface area contributed by atoms with Gasteiger partial charge in [0.05, 0.1) is 6.04 Å². The van der Waals surface area contributed by atoms with E-state index in [1.807, 2.05) is 0 Å². The predicted molar refractivity (Wildman–Crippen MR) is 54.7 cm³/mol. The van der Waals surface area contributed by atoms with Gasteiger partial charge in [-0.2, -0.15) is 0 Å². The number of carbonyl (C=O) groups is 1. The third kappa shape index (κ3) is 3.42. The minimum atomic E-state index is -1.04. The molecule has 0 bridgehead atoms. The van der Waals surface area contributed by atoms with E-state index in [0.29, 0.717) is 5.56 Å². The van der Waals surface area contributed by atoms with Gasteiger partial charge in [0.2, 0.25) is 0 Å². The molecule has 0 saturated heterocycles. The van der Waals surface area contributed by atoms with Crippen molar-refractivity contribution < 1.29 is 14.3 Å². The fourth-order valence-corrected chi connectivity index (χ4v) is 1.18. The summed E-state index contributed by atoms with van der Waals surface area (Å²) in [5.41, 5.74) is 0.507. The lowest BCUT2D eigenvalue weighted by Gasteiger charge is -2.12. The zero-order chi connectivity index (χ0) is 11.3. The lowest BCUT2D eigenvalue weighted by molar-refractivity contribution is -0.131. The van der Waals surface area contributed by atoms with Crippen LogP contribution in [0, 0.1) is 5.82 Å². The van der Waals surface area contributed by atoms with Gasteiger partial charge in [-0.1, -0.05) is 18.2 Å². The van der Waals surface area contributed by atoms with Crippen LogP contribution in [0.1, 0.15) is 18.5 Å². The van der Waals surface area contributed by atoms with Gasteiger partial charge in [-0.3, -0.25) is 0 Å². The molecule has 4 heteroatoms. The Hall–Kier alpha value is -1.84. The van der Waals surface area contributed by atoms with E-state index < -0.39 is 5.97 Å². The number of aliphatic carboxylic acids is 1. The van der Waals surface area contributed by atoms with Crippen molar-refractivity contribution in [3.8, 4) is 0 Å². The first-order valence-corrected chi connectivity index (χ1v) is 4.51. The standard InChI is InChI=1S/C11H12FNO2/c1-8(13-7-6-11(14)15)9-4-2-3-5-10(9)12/h2-8,13H,1H3,(H,14,15)/b7-6+/t8-/m1/s1. The summed E-state index contributed by atoms with van der Waals surface area (Å²) in [7, 11) is 0. The van der Waals surface area contributed by atoms with Gasteiger partial charge in [0.25, 0.3) is 0 Å². The van der Waals surface area contributed by atoms with Crippen molar-refractivity contribution in [2.75, 3.05) is 0 Å². The highest BCUT2D eigenvalue weighted by atomic mass is 19.1. The minimum Gasteiger partial charge on any atom is -0.478 e. The second-order valence-electron chi connectivity index (χ2n) is 3.08. The summed E-state index contributed by atoms with van der Waals surface area (Å²) in [5, 5.41) is 11.1. The molecule has 0 amide bonds. The molecule has 0 spiro atoms. The van der Waals surface area contributed by atoms with Crippen LogP contribution in [0.25, 0.3) is 0 Å². The molecule has 0 aliphatic heterocycles. The van der Waals surface area contributed by atoms with Crippen LogP contribution in [0.5, 0.6) is 0 Å². The van der Waals surface area contributed by atoms with E-state index >= 15 is 0 Å². The summed E-state index contributed by atoms with van der Waals surface area (Å²) in [6.07, 6.45) is 2.26. The Bertz CT molecular complexity index is 377. The predicted octanol–water partition coefficient (Wildman–Crippen LogP) is 2.07. The largest absolute Gasteiger partial charge is 0.478 e. The molecule has 1 aromatic carbocycles. The van der Waals surface area contributed by atoms with Crippen LogP contribution in [0.15, 0.2) is 36.5 Å². The maximum atomic E-state index is 13.2. The Morgan fingerprint density at radius 1 is 1.53 bits per heavy atom. The number of hydrogen-bond acceptors (Lipinski definition) is 2. The SMILES string of the molecule is C[C@@H](N/C=C/C(=O)O)c1ccccc1F. The molecule has 1 rings (SSSR count). The number of halogens is 1. The van der Waals surface area contributed by atoms with Crippen molar-refractivity contribution in [2.45, 2.75) is 13.0 Å². The summed E-state index contributed by atoms with van der Waals surface area (Å²) in [6.45, 7) is 1.75. The van der Waals surface area contributed by atoms with Gasteiger partial charge in [0.15, 0.2) is 0 Å². The Balaban J connectivity index is 2.65. The van der Waals surface area contributed by atoms with Crippen molar-refractivity contribution in [3.63, 3.8) is 0 Å². The third-order valence-electron chi connectivity index (χ3n) is 1.94. The van der Waals surface area contributed by atoms with Crippen LogP contribution >= 0.6 is 0 Å². The molecule has 3 nitrogen and oxygen atoms in total. The minimum absolute atomic E-state index is 0.262. The summed E-state index contributed by atoms with van der Waals surface area (Å²) in [4.78, 5) is 10.2. The molecular weight excluding hydrogens is 197 g/mol. The average Bonchev–Trinajstić information content (AvgIpc) is 2.17. The fourth-order valence-electron chi connectivity index (χ4n) is 1.18. The molecule has 0 aliphatic rings. The van der Waals surface area contributed by atoms with E-state index in [2.05, 4.69) is 5.32 Å². The monoisotopic (exact) mass is 209 g/mol. The second-order valence-corrected chi connectivity index (χ2v) is 3.08. The average molecular weight is 209 g/mol. The Morgan fingerprint density at radius 3 is 2.80 bits per heavy atom. The van der Waals surface area contributed by atoms with E-state index in [9.17, 15) is 9.18 Å². The first kappa shape index (κ1) is 11.2. The number of carboxylic acids is 1. The van der Waals surface area contributed by atoms with E-state index in [1.165, 1.54) is 12.3 Å². The molecule has 0 fully saturated rings. The summed E-state index contributed by atoms with van der Waals surface area (Å²) < 4.78 is 13.2. The first-order valence-electron chi connectivity index (χ1n) is 4.51. The number of carboxylic acid groups (broad SMARTS) is 1. The highest BCUT2D eigenvalue weighted by molar-refractivity contribution is 5.79. The Labute approximate surface area is 87.2 Å². The number of hydrogen-bond donors (Lipinski definition) is 2. The van der Waals surface area contributed by atoms with Crippen molar-refractivity contribution in [2.24, 2.45) is 0 Å². The molecule has 2 N–H and O–H groups in total. The van der Waals surface area contributed by atoms with E-state index in [4.69, 9.17) is 5.11 Å². The van der Waals surface area contributed by atoms with Gasteiger partial charge in [0, 0.05) is 17.8 Å². The van der Waals surface area contributed by atoms with Gasteiger partial charge >= 0.3 is 5.97 Å². The molecule has 80 valence electrons. The number of rotatable bonds is 4. The van der Waals surface area contributed by atoms with Crippen LogP contribution < -0.4 is 5.32 Å². The van der Waals surface area contributed by atoms with Gasteiger partial charge in [-0.25, -0.2) is 9.18 Å². The smallest absolute Gasteiger partial charge is 0.329 e. The Kier molecular flexibility index (Phi) is 3.85. The molecule has 1 aromatic rings. The summed E-state index contributed by atoms with van der Waals surface area (Å²) >= 11 is 0. The first-order chi connectivity index (χ1) is 7.11. The molecule has 0 saturated carbocycles. The van der Waals surface area contributed by atoms with Crippen LogP contribution in [-0.4, -0.2) is 11.1 Å². The van der Waals surface area contributed by atoms with Crippen LogP contribution in [0.4, 0.5) is 4.39 Å². The second kappa shape index (κ2) is 5.14. The van der Waals surface area contributed by atoms with E-state index in [-0.39, 0.29) is 11.9 Å². The molecule has 0 aromatic heterocycles. The van der Waals surface area contributed by atoms with Crippen molar-refractivity contribution in [3.05, 3.63) is 47.9 Å². The van der Waals surface area contributed by atoms with Gasteiger partial charge < -0.3 is 10.4 Å². The quantitative estimate of drug-likeness (QED) is 0.746. The lowest BCUT2D eigenvalue weighted by Crippen LogP contribution is -2.13. The molecule has 0 heterocycles. The fraction of sp³-hybridized carbons (Fsp3) is 0.182. The zero-order valence-corrected chi connectivity index (χ0v) is 8.27. The normalized spacial score (nSPS) is 12.7. The number of benzene rings is 1. The molecule has 1 atom stereocenters. The highest BCUT2D eigenvalue weighted by Crippen LogP contribution is 2.15. The van der Waals surface area contributed by atoms with Gasteiger partial charge in [-0.15, -0.1) is 0 Å². The van der Waals surface area contributed by atoms with Crippen molar-refractivity contribution >= 4 is 5.97 Å². The van der Waals surface area contributed by atoms with Gasteiger partial charge in [-0.05, 0) is 13.0 Å². The van der Waals surface area contributed by atoms with Crippen LogP contribution in [0.3, 0.4) is 0 Å². The summed E-state index contributed by atoms with van der Waals surface area (Å²) in [5.74, 6) is -1.34. The molecule has 0 unspecified atom stereocenters. The van der Waals surface area contributed by atoms with Gasteiger partial charge in [0.1, 0.15) is 5.82 Å². The van der Waals surface area contributed by atoms with Crippen LogP contribution in [-0.2, 0) is 4.79 Å². The van der Waals surface area contributed by atoms with E-state index in [1.54, 1.807) is 25.1 Å². The topological polar surface area (TPSA) is 49.3 Å². The zero-order valence-electron chi connectivity index (χ0n) is 8.27. The maximum Gasteiger partial charge on any atom is 0.329 e. The van der Waals surface area contributed by atoms with Crippen molar-refractivity contribution in [1.29, 1.82) is 0 Å². The van der Waals surface area contributed by atoms with Crippen LogP contribution in [0.2, 0.25) is 0 Å². The molecule has 15 heavy (non-hydrogen) atoms. The molecule has 0 radical (unpaired) electrons. The molecule has 0 aliphatic carbocycles. The maximum absolute atomic E-state index is 13.2. The summed E-state index contributed by atoms with van der Waals surface area (Å²) in [6, 6.07) is 6.11. The lowest BCUT2D eigenvalue weighted by atomic mass is 10.1.